The maximum Gasteiger partial charge on any atom is 0.312 e. The molecule has 0 saturated carbocycles. The first-order valence-corrected chi connectivity index (χ1v) is 13.6. The number of morpholine rings is 1. The number of fused-ring (bicyclic) bond motifs is 2. The van der Waals surface area contributed by atoms with Gasteiger partial charge in [0.1, 0.15) is 17.6 Å². The fourth-order valence-corrected chi connectivity index (χ4v) is 6.55. The molecule has 10 nitrogen and oxygen atoms in total. The van der Waals surface area contributed by atoms with Crippen molar-refractivity contribution in [3.63, 3.8) is 0 Å². The lowest BCUT2D eigenvalue weighted by molar-refractivity contribution is -0.157. The first kappa shape index (κ1) is 26.3. The molecule has 0 aromatic carbocycles. The van der Waals surface area contributed by atoms with Crippen LogP contribution in [0.15, 0.2) is 24.3 Å². The molecular formula is C27H39N3O7. The number of amides is 2. The Bertz CT molecular complexity index is 948. The first-order valence-electron chi connectivity index (χ1n) is 13.6. The smallest absolute Gasteiger partial charge is 0.312 e. The van der Waals surface area contributed by atoms with E-state index in [2.05, 4.69) is 4.90 Å². The van der Waals surface area contributed by atoms with Gasteiger partial charge in [0, 0.05) is 32.7 Å². The minimum atomic E-state index is -1.30. The molecule has 0 aromatic heterocycles. The third kappa shape index (κ3) is 4.51. The zero-order chi connectivity index (χ0) is 26.2. The van der Waals surface area contributed by atoms with Crippen molar-refractivity contribution in [2.45, 2.75) is 50.5 Å². The van der Waals surface area contributed by atoms with E-state index in [9.17, 15) is 19.5 Å². The van der Waals surface area contributed by atoms with Crippen LogP contribution in [0.25, 0.3) is 0 Å². The van der Waals surface area contributed by atoms with Crippen molar-refractivity contribution in [2.75, 3.05) is 59.2 Å². The number of rotatable bonds is 7. The maximum atomic E-state index is 14.3. The molecule has 0 bridgehead atoms. The van der Waals surface area contributed by atoms with Gasteiger partial charge in [-0.25, -0.2) is 0 Å². The van der Waals surface area contributed by atoms with Crippen LogP contribution in [0, 0.1) is 17.8 Å². The summed E-state index contributed by atoms with van der Waals surface area (Å²) in [6.45, 7) is 8.53. The number of ether oxygens (including phenoxy) is 3. The summed E-state index contributed by atoms with van der Waals surface area (Å²) < 4.78 is 17.5. The Hall–Kier alpha value is -2.27. The number of cyclic esters (lactones) is 1. The molecule has 1 unspecified atom stereocenters. The minimum Gasteiger partial charge on any atom is -0.465 e. The number of esters is 1. The topological polar surface area (TPSA) is 109 Å². The van der Waals surface area contributed by atoms with Gasteiger partial charge < -0.3 is 29.1 Å². The number of aliphatic hydroxyl groups is 1. The average Bonchev–Trinajstić information content (AvgIpc) is 3.28. The molecule has 7 atom stereocenters. The Labute approximate surface area is 218 Å². The van der Waals surface area contributed by atoms with Gasteiger partial charge in [-0.1, -0.05) is 44.6 Å². The predicted molar refractivity (Wildman–Crippen MR) is 133 cm³/mol. The second kappa shape index (κ2) is 10.8. The summed E-state index contributed by atoms with van der Waals surface area (Å²) in [5.41, 5.74) is -1.30. The van der Waals surface area contributed by atoms with Gasteiger partial charge in [0.2, 0.25) is 11.8 Å². The number of hydrogen-bond acceptors (Lipinski definition) is 8. The molecule has 5 rings (SSSR count). The molecule has 1 spiro atoms. The zero-order valence-electron chi connectivity index (χ0n) is 21.8. The summed E-state index contributed by atoms with van der Waals surface area (Å²) in [5.74, 6) is -2.78. The molecule has 37 heavy (non-hydrogen) atoms. The van der Waals surface area contributed by atoms with E-state index in [1.54, 1.807) is 9.80 Å². The Morgan fingerprint density at radius 1 is 1.11 bits per heavy atom. The molecule has 0 radical (unpaired) electrons. The van der Waals surface area contributed by atoms with Crippen LogP contribution in [-0.4, -0.2) is 121 Å². The van der Waals surface area contributed by atoms with Gasteiger partial charge in [-0.15, -0.1) is 0 Å². The lowest BCUT2D eigenvalue weighted by Crippen LogP contribution is -2.59. The highest BCUT2D eigenvalue weighted by molar-refractivity contribution is 5.99. The molecule has 5 aliphatic heterocycles. The van der Waals surface area contributed by atoms with Crippen LogP contribution in [0.3, 0.4) is 0 Å². The zero-order valence-corrected chi connectivity index (χ0v) is 21.8. The number of likely N-dealkylation sites (tertiary alicyclic amines) is 1. The molecule has 0 aliphatic carbocycles. The van der Waals surface area contributed by atoms with Crippen molar-refractivity contribution in [3.05, 3.63) is 24.3 Å². The predicted octanol–water partition coefficient (Wildman–Crippen LogP) is 0.208. The highest BCUT2D eigenvalue weighted by Crippen LogP contribution is 2.54. The van der Waals surface area contributed by atoms with Crippen LogP contribution in [0.5, 0.6) is 0 Å². The minimum absolute atomic E-state index is 0.0494. The first-order chi connectivity index (χ1) is 17.9. The van der Waals surface area contributed by atoms with E-state index in [1.165, 1.54) is 0 Å². The highest BCUT2D eigenvalue weighted by atomic mass is 16.6. The summed E-state index contributed by atoms with van der Waals surface area (Å²) in [6.07, 6.45) is 8.12. The summed E-state index contributed by atoms with van der Waals surface area (Å²) in [6, 6.07) is -1.53. The molecule has 5 heterocycles. The Balaban J connectivity index is 1.52. The van der Waals surface area contributed by atoms with Gasteiger partial charge >= 0.3 is 5.97 Å². The number of hydrogen-bond donors (Lipinski definition) is 1. The average molecular weight is 518 g/mol. The van der Waals surface area contributed by atoms with E-state index in [-0.39, 0.29) is 30.9 Å². The van der Waals surface area contributed by atoms with Gasteiger partial charge in [-0.05, 0) is 12.3 Å². The third-order valence-electron chi connectivity index (χ3n) is 8.78. The second-order valence-electron chi connectivity index (χ2n) is 10.7. The van der Waals surface area contributed by atoms with Crippen LogP contribution in [0.2, 0.25) is 0 Å². The van der Waals surface area contributed by atoms with E-state index in [1.807, 2.05) is 38.2 Å². The van der Waals surface area contributed by atoms with Crippen molar-refractivity contribution >= 4 is 17.8 Å². The number of carbonyl (C=O) groups excluding carboxylic acids is 3. The molecule has 3 saturated heterocycles. The summed E-state index contributed by atoms with van der Waals surface area (Å²) in [7, 11) is 0. The standard InChI is InChI=1S/C27H39N3O7/c1-3-18(2)19(17-31)30-23-25(33)29(11-10-28-12-15-35-16-13-28)9-6-8-27(23)22(24(30)32)21-20(37-27)7-4-5-14-36-26(21)34/h4,6-8,18-23,31H,3,5,9-17H2,1-2H3/t18-,19-,20+,21-,22-,23?,27-/m0/s1. The molecule has 5 aliphatic rings. The van der Waals surface area contributed by atoms with E-state index < -0.39 is 41.6 Å². The van der Waals surface area contributed by atoms with Crippen LogP contribution in [0.4, 0.5) is 0 Å². The number of nitrogens with zero attached hydrogens (tertiary/aromatic N) is 3. The monoisotopic (exact) mass is 517 g/mol. The van der Waals surface area contributed by atoms with Gasteiger partial charge in [0.15, 0.2) is 0 Å². The fraction of sp³-hybridized carbons (Fsp3) is 0.741. The maximum absolute atomic E-state index is 14.3. The Morgan fingerprint density at radius 3 is 2.62 bits per heavy atom. The van der Waals surface area contributed by atoms with Gasteiger partial charge in [0.05, 0.1) is 44.5 Å². The Kier molecular flexibility index (Phi) is 7.72. The van der Waals surface area contributed by atoms with Crippen LogP contribution in [-0.2, 0) is 28.6 Å². The van der Waals surface area contributed by atoms with Crippen molar-refractivity contribution in [2.24, 2.45) is 17.8 Å². The van der Waals surface area contributed by atoms with E-state index >= 15 is 0 Å². The molecule has 2 amide bonds. The Morgan fingerprint density at radius 2 is 1.89 bits per heavy atom. The molecular weight excluding hydrogens is 478 g/mol. The van der Waals surface area contributed by atoms with E-state index in [4.69, 9.17) is 14.2 Å². The third-order valence-corrected chi connectivity index (χ3v) is 8.78. The van der Waals surface area contributed by atoms with Crippen LogP contribution < -0.4 is 0 Å². The molecule has 1 N–H and O–H groups in total. The van der Waals surface area contributed by atoms with Crippen LogP contribution in [0.1, 0.15) is 26.7 Å². The highest BCUT2D eigenvalue weighted by Gasteiger charge is 2.72. The fourth-order valence-electron chi connectivity index (χ4n) is 6.55. The molecule has 3 fully saturated rings. The van der Waals surface area contributed by atoms with Crippen molar-refractivity contribution in [1.82, 2.24) is 14.7 Å². The lowest BCUT2D eigenvalue weighted by atomic mass is 9.77. The quantitative estimate of drug-likeness (QED) is 0.377. The van der Waals surface area contributed by atoms with Crippen molar-refractivity contribution < 1.29 is 33.7 Å². The largest absolute Gasteiger partial charge is 0.465 e. The summed E-state index contributed by atoms with van der Waals surface area (Å²) >= 11 is 0. The summed E-state index contributed by atoms with van der Waals surface area (Å²) in [4.78, 5) is 47.3. The van der Waals surface area contributed by atoms with Gasteiger partial charge in [-0.3, -0.25) is 19.3 Å². The normalized spacial score (nSPS) is 35.8. The van der Waals surface area contributed by atoms with E-state index in [0.29, 0.717) is 39.3 Å². The molecule has 10 heteroatoms. The number of aliphatic hydroxyl groups excluding tert-OH is 1. The van der Waals surface area contributed by atoms with Gasteiger partial charge in [-0.2, -0.15) is 0 Å². The SMILES string of the molecule is CC[C@H](C)[C@H](CO)N1C(=O)[C@@H]2[C@H]3C(=O)OCCC=C[C@H]3O[C@@]23C=CCN(CCN2CCOCC2)C(=O)C13. The van der Waals surface area contributed by atoms with Crippen LogP contribution >= 0.6 is 0 Å². The lowest BCUT2D eigenvalue weighted by Gasteiger charge is -2.40. The van der Waals surface area contributed by atoms with Crippen molar-refractivity contribution in [1.29, 1.82) is 0 Å². The van der Waals surface area contributed by atoms with E-state index in [0.717, 1.165) is 19.5 Å². The summed E-state index contributed by atoms with van der Waals surface area (Å²) in [5, 5.41) is 10.4. The molecule has 204 valence electrons. The second-order valence-corrected chi connectivity index (χ2v) is 10.7. The van der Waals surface area contributed by atoms with Gasteiger partial charge in [0.25, 0.3) is 0 Å². The molecule has 0 aromatic rings. The van der Waals surface area contributed by atoms with Crippen molar-refractivity contribution in [3.8, 4) is 0 Å². The number of carbonyl (C=O) groups is 3.